The number of carbonyl (C=O) groups excluding carboxylic acids is 1. The molecule has 2 saturated carbocycles. The third-order valence-corrected chi connectivity index (χ3v) is 16.4. The molecule has 4 N–H and O–H groups in total. The van der Waals surface area contributed by atoms with E-state index in [9.17, 15) is 28.4 Å². The highest BCUT2D eigenvalue weighted by molar-refractivity contribution is 7.90. The molecule has 2 saturated heterocycles. The Balaban J connectivity index is 0.847. The molecule has 4 fully saturated rings. The highest BCUT2D eigenvalue weighted by atomic mass is 32.2. The first-order valence-electron chi connectivity index (χ1n) is 23.9. The van der Waals surface area contributed by atoms with Gasteiger partial charge < -0.3 is 44.6 Å². The van der Waals surface area contributed by atoms with E-state index in [-0.39, 0.29) is 52.8 Å². The van der Waals surface area contributed by atoms with Gasteiger partial charge in [-0.15, -0.1) is 0 Å². The summed E-state index contributed by atoms with van der Waals surface area (Å²) in [6.45, 7) is 10.4. The number of H-pyrrole nitrogens is 1. The van der Waals surface area contributed by atoms with E-state index in [0.717, 1.165) is 81.9 Å². The number of fused-ring (bicyclic) bond motifs is 2. The SMILES string of the molecule is CC(C)c1ccccc1[C@@H]1COCCN1C1CC2(CCN(c3ccc(C(=O)NS(=O)(=O)c4cc5c(c([N+](=O)[O-])n4)N[C@@H](CC4CCC(C)(O)CC4)CO5)c(Oc4cnc5[nH]ccc5c4)c3)CC2)C1. The molecule has 5 aliphatic rings. The van der Waals surface area contributed by atoms with Crippen molar-refractivity contribution in [2.24, 2.45) is 11.3 Å². The van der Waals surface area contributed by atoms with E-state index < -0.39 is 37.3 Å². The predicted molar refractivity (Wildman–Crippen MR) is 256 cm³/mol. The van der Waals surface area contributed by atoms with Gasteiger partial charge in [0.2, 0.25) is 0 Å². The van der Waals surface area contributed by atoms with Gasteiger partial charge >= 0.3 is 15.8 Å². The Kier molecular flexibility index (Phi) is 12.3. The van der Waals surface area contributed by atoms with Crippen LogP contribution in [0.25, 0.3) is 11.0 Å². The lowest BCUT2D eigenvalue weighted by Crippen LogP contribution is -2.58. The van der Waals surface area contributed by atoms with Gasteiger partial charge in [0, 0.05) is 55.1 Å². The Morgan fingerprint density at radius 2 is 1.82 bits per heavy atom. The van der Waals surface area contributed by atoms with E-state index in [0.29, 0.717) is 49.2 Å². The van der Waals surface area contributed by atoms with Crippen LogP contribution in [0.2, 0.25) is 0 Å². The molecule has 1 amide bonds. The first kappa shape index (κ1) is 45.9. The summed E-state index contributed by atoms with van der Waals surface area (Å²) in [4.78, 5) is 42.1. The maximum Gasteiger partial charge on any atom is 0.392 e. The molecule has 3 aromatic heterocycles. The fourth-order valence-electron chi connectivity index (χ4n) is 11.3. The lowest BCUT2D eigenvalue weighted by molar-refractivity contribution is -0.389. The third-order valence-electron chi connectivity index (χ3n) is 15.2. The first-order chi connectivity index (χ1) is 32.6. The molecule has 68 heavy (non-hydrogen) atoms. The third kappa shape index (κ3) is 9.34. The van der Waals surface area contributed by atoms with E-state index in [1.165, 1.54) is 17.3 Å². The molecule has 2 aliphatic carbocycles. The van der Waals surface area contributed by atoms with Crippen LogP contribution in [0, 0.1) is 21.4 Å². The second-order valence-electron chi connectivity index (χ2n) is 20.2. The summed E-state index contributed by atoms with van der Waals surface area (Å²) in [7, 11) is -4.77. The first-order valence-corrected chi connectivity index (χ1v) is 25.4. The molecular weight excluding hydrogens is 889 g/mol. The van der Waals surface area contributed by atoms with Crippen molar-refractivity contribution in [1.82, 2.24) is 24.6 Å². The number of morpholine rings is 1. The Morgan fingerprint density at radius 3 is 2.59 bits per heavy atom. The number of rotatable bonds is 12. The monoisotopic (exact) mass is 948 g/mol. The summed E-state index contributed by atoms with van der Waals surface area (Å²) in [5.41, 5.74) is 3.69. The summed E-state index contributed by atoms with van der Waals surface area (Å²) in [6, 6.07) is 19.0. The zero-order chi connectivity index (χ0) is 47.4. The number of pyridine rings is 2. The number of hydrogen-bond acceptors (Lipinski definition) is 14. The number of aromatic nitrogens is 3. The smallest absolute Gasteiger partial charge is 0.392 e. The van der Waals surface area contributed by atoms with Crippen molar-refractivity contribution in [1.29, 1.82) is 0 Å². The van der Waals surface area contributed by atoms with Crippen LogP contribution in [0.1, 0.15) is 112 Å². The number of aliphatic hydroxyl groups is 1. The Bertz CT molecular complexity index is 2810. The van der Waals surface area contributed by atoms with Gasteiger partial charge in [0.05, 0.1) is 42.7 Å². The molecule has 5 aromatic rings. The Labute approximate surface area is 396 Å². The zero-order valence-electron chi connectivity index (χ0n) is 38.8. The lowest BCUT2D eigenvalue weighted by atomic mass is 9.59. The van der Waals surface area contributed by atoms with Crippen LogP contribution in [-0.2, 0) is 14.8 Å². The van der Waals surface area contributed by atoms with E-state index in [1.54, 1.807) is 30.5 Å². The molecule has 6 heterocycles. The largest absolute Gasteiger partial charge is 0.489 e. The van der Waals surface area contributed by atoms with Gasteiger partial charge in [0.25, 0.3) is 10.9 Å². The average Bonchev–Trinajstić information content (AvgIpc) is 3.79. The number of amides is 1. The number of sulfonamides is 1. The van der Waals surface area contributed by atoms with Crippen LogP contribution in [0.5, 0.6) is 17.2 Å². The molecule has 360 valence electrons. The molecule has 3 aliphatic heterocycles. The van der Waals surface area contributed by atoms with Gasteiger partial charge in [-0.1, -0.05) is 38.1 Å². The number of nitrogens with zero attached hydrogens (tertiary/aromatic N) is 5. The van der Waals surface area contributed by atoms with Crippen molar-refractivity contribution in [3.8, 4) is 17.2 Å². The quantitative estimate of drug-likeness (QED) is 0.0685. The normalized spacial score (nSPS) is 24.2. The zero-order valence-corrected chi connectivity index (χ0v) is 39.6. The molecule has 10 rings (SSSR count). The van der Waals surface area contributed by atoms with Crippen molar-refractivity contribution < 1.29 is 37.5 Å². The number of nitrogens with one attached hydrogen (secondary N) is 3. The summed E-state index contributed by atoms with van der Waals surface area (Å²) in [5.74, 6) is -0.624. The second kappa shape index (κ2) is 18.3. The van der Waals surface area contributed by atoms with E-state index in [2.05, 4.69) is 72.9 Å². The number of anilines is 2. The van der Waals surface area contributed by atoms with Crippen LogP contribution in [0.15, 0.2) is 78.1 Å². The Hall–Kier alpha value is -5.82. The van der Waals surface area contributed by atoms with Gasteiger partial charge in [-0.2, -0.15) is 8.42 Å². The van der Waals surface area contributed by atoms with Gasteiger partial charge in [-0.25, -0.2) is 9.71 Å². The van der Waals surface area contributed by atoms with Crippen LogP contribution >= 0.6 is 0 Å². The maximum atomic E-state index is 14.1. The summed E-state index contributed by atoms with van der Waals surface area (Å²) in [6.07, 6.45) is 11.2. The van der Waals surface area contributed by atoms with Gasteiger partial charge in [0.1, 0.15) is 23.8 Å². The number of piperidine rings is 1. The minimum absolute atomic E-state index is 0.0200. The molecule has 1 spiro atoms. The van der Waals surface area contributed by atoms with Gasteiger partial charge in [0.15, 0.2) is 11.4 Å². The molecule has 18 heteroatoms. The molecular formula is C50H60N8O9S. The highest BCUT2D eigenvalue weighted by Crippen LogP contribution is 2.53. The number of hydrogen-bond donors (Lipinski definition) is 4. The van der Waals surface area contributed by atoms with Crippen molar-refractivity contribution >= 4 is 44.2 Å². The molecule has 2 atom stereocenters. The van der Waals surface area contributed by atoms with Crippen LogP contribution < -0.4 is 24.4 Å². The molecule has 0 bridgehead atoms. The Morgan fingerprint density at radius 1 is 1.04 bits per heavy atom. The van der Waals surface area contributed by atoms with Crippen molar-refractivity contribution in [2.75, 3.05) is 49.7 Å². The van der Waals surface area contributed by atoms with Crippen LogP contribution in [0.4, 0.5) is 17.2 Å². The van der Waals surface area contributed by atoms with Crippen LogP contribution in [-0.4, -0.2) is 101 Å². The van der Waals surface area contributed by atoms with Crippen molar-refractivity contribution in [2.45, 2.75) is 113 Å². The highest BCUT2D eigenvalue weighted by Gasteiger charge is 2.50. The molecule has 0 radical (unpaired) electrons. The second-order valence-corrected chi connectivity index (χ2v) is 21.8. The number of ether oxygens (including phenoxy) is 3. The van der Waals surface area contributed by atoms with E-state index in [4.69, 9.17) is 14.2 Å². The van der Waals surface area contributed by atoms with Crippen molar-refractivity contribution in [3.63, 3.8) is 0 Å². The molecule has 17 nitrogen and oxygen atoms in total. The lowest BCUT2D eigenvalue weighted by Gasteiger charge is -2.57. The minimum Gasteiger partial charge on any atom is -0.489 e. The minimum atomic E-state index is -4.77. The topological polar surface area (TPSA) is 214 Å². The summed E-state index contributed by atoms with van der Waals surface area (Å²) < 4.78 is 48.3. The number of aromatic amines is 1. The molecule has 0 unspecified atom stereocenters. The average molecular weight is 949 g/mol. The number of benzene rings is 2. The van der Waals surface area contributed by atoms with E-state index >= 15 is 0 Å². The fourth-order valence-corrected chi connectivity index (χ4v) is 12.2. The fraction of sp³-hybridized carbons (Fsp3) is 0.500. The maximum absolute atomic E-state index is 14.1. The van der Waals surface area contributed by atoms with E-state index in [1.807, 2.05) is 13.0 Å². The van der Waals surface area contributed by atoms with Crippen LogP contribution in [0.3, 0.4) is 0 Å². The standard InChI is InChI=1S/C50H60N8O9S/c1-31(2)38-6-4-5-7-39(38)41-30-65-21-20-57(41)36-26-50(27-36)15-18-56(19-16-50)35-8-9-40(42(24-35)67-37-23-33-12-17-51-46(33)52-28-37)48(59)55-68(63,64)44-25-43-45(47(54-44)58(61)62)53-34(29-66-43)22-32-10-13-49(3,60)14-11-32/h4-9,12,17,23-25,28,31-32,34,36,41,53,60H,10-11,13-16,18-22,26-27,29-30H2,1-3H3,(H,51,52)(H,55,59)/t32?,34-,41-,49?/m0/s1. The molecule has 2 aromatic carbocycles. The predicted octanol–water partition coefficient (Wildman–Crippen LogP) is 8.23. The van der Waals surface area contributed by atoms with Crippen molar-refractivity contribution in [3.05, 3.63) is 99.9 Å². The number of nitro groups is 1. The summed E-state index contributed by atoms with van der Waals surface area (Å²) >= 11 is 0. The summed E-state index contributed by atoms with van der Waals surface area (Å²) in [5, 5.41) is 25.9. The number of carbonyl (C=O) groups is 1. The van der Waals surface area contributed by atoms with Gasteiger partial charge in [-0.05, 0) is 127 Å². The van der Waals surface area contributed by atoms with Gasteiger partial charge in [-0.3, -0.25) is 9.69 Å².